The van der Waals surface area contributed by atoms with Gasteiger partial charge in [0.2, 0.25) is 0 Å². The minimum absolute atomic E-state index is 0.0835. The number of anilines is 2. The maximum Gasteiger partial charge on any atom is 0.410 e. The van der Waals surface area contributed by atoms with Crippen LogP contribution in [-0.2, 0) is 11.8 Å². The largest absolute Gasteiger partial charge is 0.473 e. The highest BCUT2D eigenvalue weighted by Crippen LogP contribution is 2.39. The number of aryl methyl sites for hydroxylation is 1. The van der Waals surface area contributed by atoms with Gasteiger partial charge < -0.3 is 24.6 Å². The van der Waals surface area contributed by atoms with Crippen molar-refractivity contribution in [2.45, 2.75) is 52.2 Å². The van der Waals surface area contributed by atoms with E-state index in [1.54, 1.807) is 32.5 Å². The second-order valence-corrected chi connectivity index (χ2v) is 12.1. The number of ether oxygens (including phenoxy) is 2. The number of rotatable bonds is 6. The Kier molecular flexibility index (Phi) is 7.78. The maximum absolute atomic E-state index is 14.6. The quantitative estimate of drug-likeness (QED) is 0.306. The monoisotopic (exact) mass is 582 g/mol. The Morgan fingerprint density at radius 2 is 1.93 bits per heavy atom. The van der Waals surface area contributed by atoms with E-state index in [1.807, 2.05) is 38.7 Å². The molecular formula is C29H35FN6O4S. The van der Waals surface area contributed by atoms with E-state index in [1.165, 1.54) is 22.1 Å². The molecule has 1 fully saturated rings. The molecule has 1 saturated heterocycles. The summed E-state index contributed by atoms with van der Waals surface area (Å²) in [6, 6.07) is 6.71. The topological polar surface area (TPSA) is 102 Å². The van der Waals surface area contributed by atoms with E-state index in [4.69, 9.17) is 9.47 Å². The van der Waals surface area contributed by atoms with Gasteiger partial charge in [-0.25, -0.2) is 14.2 Å². The molecular weight excluding hydrogens is 547 g/mol. The van der Waals surface area contributed by atoms with Gasteiger partial charge in [0.15, 0.2) is 5.82 Å². The maximum atomic E-state index is 14.6. The van der Waals surface area contributed by atoms with Crippen molar-refractivity contribution < 1.29 is 23.5 Å². The fourth-order valence-corrected chi connectivity index (χ4v) is 6.20. The van der Waals surface area contributed by atoms with Gasteiger partial charge in [-0.15, -0.1) is 0 Å². The molecule has 41 heavy (non-hydrogen) atoms. The van der Waals surface area contributed by atoms with Crippen LogP contribution in [0, 0.1) is 5.82 Å². The van der Waals surface area contributed by atoms with Crippen LogP contribution in [0.2, 0.25) is 0 Å². The summed E-state index contributed by atoms with van der Waals surface area (Å²) >= 11 is 1.37. The Morgan fingerprint density at radius 1 is 1.20 bits per heavy atom. The van der Waals surface area contributed by atoms with E-state index in [9.17, 15) is 14.0 Å². The van der Waals surface area contributed by atoms with Crippen molar-refractivity contribution in [3.8, 4) is 5.19 Å². The zero-order chi connectivity index (χ0) is 29.5. The number of piperidine rings is 1. The average molecular weight is 583 g/mol. The summed E-state index contributed by atoms with van der Waals surface area (Å²) in [4.78, 5) is 34.8. The van der Waals surface area contributed by atoms with E-state index in [2.05, 4.69) is 20.3 Å². The molecule has 4 aromatic rings. The third-order valence-electron chi connectivity index (χ3n) is 7.07. The van der Waals surface area contributed by atoms with Crippen LogP contribution >= 0.6 is 11.3 Å². The molecule has 2 aromatic carbocycles. The molecule has 0 spiro atoms. The van der Waals surface area contributed by atoms with Crippen LogP contribution in [0.15, 0.2) is 30.5 Å². The van der Waals surface area contributed by atoms with E-state index in [-0.39, 0.29) is 17.7 Å². The minimum atomic E-state index is -0.546. The molecule has 0 atom stereocenters. The summed E-state index contributed by atoms with van der Waals surface area (Å²) in [7, 11) is 3.26. The van der Waals surface area contributed by atoms with Crippen LogP contribution in [0.25, 0.3) is 21.1 Å². The molecule has 12 heteroatoms. The minimum Gasteiger partial charge on any atom is -0.473 e. The zero-order valence-corrected chi connectivity index (χ0v) is 25.0. The van der Waals surface area contributed by atoms with Crippen molar-refractivity contribution in [3.05, 3.63) is 41.8 Å². The van der Waals surface area contributed by atoms with Crippen molar-refractivity contribution in [2.75, 3.05) is 37.0 Å². The third-order valence-corrected chi connectivity index (χ3v) is 8.11. The number of carbonyl (C=O) groups excluding carboxylic acids is 2. The fourth-order valence-electron chi connectivity index (χ4n) is 5.25. The number of aromatic nitrogens is 3. The summed E-state index contributed by atoms with van der Waals surface area (Å²) in [5, 5.41) is 7.97. The summed E-state index contributed by atoms with van der Waals surface area (Å²) in [5.41, 5.74) is 1.88. The molecule has 5 rings (SSSR count). The average Bonchev–Trinajstić information content (AvgIpc) is 3.51. The molecule has 2 amide bonds. The first-order valence-corrected chi connectivity index (χ1v) is 14.5. The van der Waals surface area contributed by atoms with Crippen molar-refractivity contribution in [2.24, 2.45) is 7.05 Å². The van der Waals surface area contributed by atoms with Crippen LogP contribution in [0.4, 0.5) is 20.6 Å². The number of benzene rings is 2. The number of nitrogens with one attached hydrogen (secondary N) is 1. The van der Waals surface area contributed by atoms with Gasteiger partial charge in [-0.05, 0) is 64.8 Å². The first kappa shape index (κ1) is 28.6. The predicted octanol–water partition coefficient (Wildman–Crippen LogP) is 5.81. The van der Waals surface area contributed by atoms with E-state index < -0.39 is 17.3 Å². The number of fused-ring (bicyclic) bond motifs is 2. The fraction of sp³-hybridized carbons (Fsp3) is 0.448. The molecule has 0 unspecified atom stereocenters. The Morgan fingerprint density at radius 3 is 2.59 bits per heavy atom. The number of methoxy groups -OCH3 is 1. The molecule has 1 aliphatic heterocycles. The SMILES string of the molecule is CCN(C(=O)OC(C)(C)C)C1CCN(c2ccc(C(=O)Nc3cc(F)c4nn(C)cc4c3)c3nc(OC)sc23)CC1. The molecule has 218 valence electrons. The molecule has 1 aliphatic rings. The smallest absolute Gasteiger partial charge is 0.410 e. The van der Waals surface area contributed by atoms with Gasteiger partial charge in [0, 0.05) is 50.0 Å². The van der Waals surface area contributed by atoms with Gasteiger partial charge in [-0.1, -0.05) is 11.3 Å². The molecule has 10 nitrogen and oxygen atoms in total. The van der Waals surface area contributed by atoms with Crippen LogP contribution in [0.1, 0.15) is 50.9 Å². The Bertz CT molecular complexity index is 1600. The summed E-state index contributed by atoms with van der Waals surface area (Å²) in [6.07, 6.45) is 2.98. The van der Waals surface area contributed by atoms with Gasteiger partial charge >= 0.3 is 6.09 Å². The van der Waals surface area contributed by atoms with Crippen LogP contribution < -0.4 is 15.0 Å². The van der Waals surface area contributed by atoms with Crippen molar-refractivity contribution in [1.82, 2.24) is 19.7 Å². The lowest BCUT2D eigenvalue weighted by Crippen LogP contribution is -2.48. The second kappa shape index (κ2) is 11.2. The van der Waals surface area contributed by atoms with Crippen LogP contribution in [0.3, 0.4) is 0 Å². The lowest BCUT2D eigenvalue weighted by Gasteiger charge is -2.39. The summed E-state index contributed by atoms with van der Waals surface area (Å²) in [5.74, 6) is -0.905. The van der Waals surface area contributed by atoms with Gasteiger partial charge in [-0.3, -0.25) is 9.48 Å². The van der Waals surface area contributed by atoms with Crippen molar-refractivity contribution in [3.63, 3.8) is 0 Å². The Balaban J connectivity index is 1.37. The molecule has 3 heterocycles. The highest BCUT2D eigenvalue weighted by molar-refractivity contribution is 7.21. The number of halogens is 1. The van der Waals surface area contributed by atoms with E-state index in [0.29, 0.717) is 33.9 Å². The predicted molar refractivity (Wildman–Crippen MR) is 159 cm³/mol. The molecule has 0 saturated carbocycles. The first-order chi connectivity index (χ1) is 19.5. The second-order valence-electron chi connectivity index (χ2n) is 11.1. The van der Waals surface area contributed by atoms with Gasteiger partial charge in [0.05, 0.1) is 23.1 Å². The number of nitrogens with zero attached hydrogens (tertiary/aromatic N) is 5. The third kappa shape index (κ3) is 5.92. The highest BCUT2D eigenvalue weighted by atomic mass is 32.1. The lowest BCUT2D eigenvalue weighted by atomic mass is 10.0. The molecule has 0 radical (unpaired) electrons. The Labute approximate surface area is 242 Å². The highest BCUT2D eigenvalue weighted by Gasteiger charge is 2.31. The van der Waals surface area contributed by atoms with Crippen LogP contribution in [0.5, 0.6) is 5.19 Å². The molecule has 0 bridgehead atoms. The molecule has 2 aromatic heterocycles. The van der Waals surface area contributed by atoms with E-state index in [0.717, 1.165) is 36.3 Å². The van der Waals surface area contributed by atoms with Crippen LogP contribution in [-0.4, -0.2) is 70.1 Å². The number of thiazole rings is 1. The number of hydrogen-bond acceptors (Lipinski definition) is 8. The molecule has 0 aliphatic carbocycles. The number of hydrogen-bond donors (Lipinski definition) is 1. The lowest BCUT2D eigenvalue weighted by molar-refractivity contribution is 0.0149. The van der Waals surface area contributed by atoms with Gasteiger partial charge in [0.25, 0.3) is 11.1 Å². The van der Waals surface area contributed by atoms with Gasteiger partial charge in [0.1, 0.15) is 16.6 Å². The Hall–Kier alpha value is -3.93. The van der Waals surface area contributed by atoms with Crippen molar-refractivity contribution >= 4 is 55.8 Å². The summed E-state index contributed by atoms with van der Waals surface area (Å²) in [6.45, 7) is 9.63. The normalized spacial score (nSPS) is 14.5. The standard InChI is InChI=1S/C29H35FN6O4S/c1-7-36(28(38)40-29(2,3)4)19-10-12-35(13-11-19)22-9-8-20(24-25(22)41-27(32-24)39-6)26(37)31-18-14-17-16-34(5)33-23(17)21(30)15-18/h8-9,14-16,19H,7,10-13H2,1-6H3,(H,31,37). The number of amides is 2. The van der Waals surface area contributed by atoms with Crippen molar-refractivity contribution in [1.29, 1.82) is 0 Å². The zero-order valence-electron chi connectivity index (χ0n) is 24.2. The van der Waals surface area contributed by atoms with E-state index >= 15 is 0 Å². The first-order valence-electron chi connectivity index (χ1n) is 13.6. The summed E-state index contributed by atoms with van der Waals surface area (Å²) < 4.78 is 28.0. The van der Waals surface area contributed by atoms with Gasteiger partial charge in [-0.2, -0.15) is 5.10 Å². The molecule has 1 N–H and O–H groups in total. The number of carbonyl (C=O) groups is 2.